The van der Waals surface area contributed by atoms with Gasteiger partial charge in [-0.05, 0) is 51.4 Å². The lowest BCUT2D eigenvalue weighted by Gasteiger charge is -2.33. The molecule has 1 heteroatoms. The monoisotopic (exact) mass is 166 g/mol. The predicted octanol–water partition coefficient (Wildman–Crippen LogP) is 2.65. The Morgan fingerprint density at radius 1 is 1.25 bits per heavy atom. The van der Waals surface area contributed by atoms with Crippen LogP contribution in [-0.2, 0) is 0 Å². The zero-order chi connectivity index (χ0) is 8.55. The molecule has 0 heterocycles. The Morgan fingerprint density at radius 2 is 2.08 bits per heavy atom. The summed E-state index contributed by atoms with van der Waals surface area (Å²) in [5.74, 6) is 0.738. The van der Waals surface area contributed by atoms with E-state index in [1.807, 2.05) is 0 Å². The normalized spacial score (nSPS) is 36.5. The highest BCUT2D eigenvalue weighted by molar-refractivity contribution is 5.20. The van der Waals surface area contributed by atoms with Crippen molar-refractivity contribution in [1.29, 1.82) is 0 Å². The van der Waals surface area contributed by atoms with Crippen LogP contribution in [0.4, 0.5) is 0 Å². The molecule has 2 aliphatic carbocycles. The lowest BCUT2D eigenvalue weighted by atomic mass is 9.74. The van der Waals surface area contributed by atoms with Crippen molar-refractivity contribution in [2.24, 2.45) is 5.92 Å². The maximum Gasteiger partial charge on any atom is 0.0549 e. The van der Waals surface area contributed by atoms with E-state index in [-0.39, 0.29) is 6.10 Å². The van der Waals surface area contributed by atoms with E-state index in [9.17, 15) is 5.11 Å². The molecule has 0 bridgehead atoms. The minimum absolute atomic E-state index is 0.00958. The van der Waals surface area contributed by atoms with Gasteiger partial charge >= 0.3 is 0 Å². The van der Waals surface area contributed by atoms with Gasteiger partial charge in [0.15, 0.2) is 0 Å². The fourth-order valence-corrected chi connectivity index (χ4v) is 2.74. The van der Waals surface area contributed by atoms with E-state index in [1.54, 1.807) is 11.1 Å². The molecule has 0 amide bonds. The van der Waals surface area contributed by atoms with Crippen molar-refractivity contribution in [1.82, 2.24) is 0 Å². The summed E-state index contributed by atoms with van der Waals surface area (Å²) in [7, 11) is 0. The van der Waals surface area contributed by atoms with Crippen molar-refractivity contribution in [3.8, 4) is 0 Å². The summed E-state index contributed by atoms with van der Waals surface area (Å²) in [4.78, 5) is 0. The molecule has 0 aromatic carbocycles. The Labute approximate surface area is 74.5 Å². The quantitative estimate of drug-likeness (QED) is 0.548. The van der Waals surface area contributed by atoms with E-state index >= 15 is 0 Å². The van der Waals surface area contributed by atoms with E-state index in [0.717, 1.165) is 25.2 Å². The van der Waals surface area contributed by atoms with Crippen molar-refractivity contribution in [2.45, 2.75) is 51.6 Å². The van der Waals surface area contributed by atoms with Crippen molar-refractivity contribution in [2.75, 3.05) is 0 Å². The van der Waals surface area contributed by atoms with Gasteiger partial charge < -0.3 is 5.11 Å². The zero-order valence-corrected chi connectivity index (χ0v) is 7.84. The van der Waals surface area contributed by atoms with Gasteiger partial charge in [-0.1, -0.05) is 11.1 Å². The summed E-state index contributed by atoms with van der Waals surface area (Å²) in [6, 6.07) is 0. The molecular formula is C11H18O. The first-order valence-corrected chi connectivity index (χ1v) is 5.14. The average Bonchev–Trinajstić information content (AvgIpc) is 2.04. The minimum Gasteiger partial charge on any atom is -0.393 e. The second-order valence-electron chi connectivity index (χ2n) is 4.32. The summed E-state index contributed by atoms with van der Waals surface area (Å²) in [5, 5.41) is 9.51. The van der Waals surface area contributed by atoms with E-state index in [2.05, 4.69) is 6.92 Å². The van der Waals surface area contributed by atoms with Crippen LogP contribution in [0.25, 0.3) is 0 Å². The topological polar surface area (TPSA) is 20.2 Å². The van der Waals surface area contributed by atoms with E-state index in [1.165, 1.54) is 19.3 Å². The largest absolute Gasteiger partial charge is 0.393 e. The second-order valence-corrected chi connectivity index (χ2v) is 4.32. The maximum absolute atomic E-state index is 9.51. The Morgan fingerprint density at radius 3 is 2.92 bits per heavy atom. The molecule has 1 fully saturated rings. The van der Waals surface area contributed by atoms with E-state index in [0.29, 0.717) is 0 Å². The average molecular weight is 166 g/mol. The van der Waals surface area contributed by atoms with Crippen LogP contribution >= 0.6 is 0 Å². The van der Waals surface area contributed by atoms with Gasteiger partial charge in [-0.2, -0.15) is 0 Å². The molecule has 2 unspecified atom stereocenters. The third-order valence-corrected chi connectivity index (χ3v) is 3.45. The van der Waals surface area contributed by atoms with Crippen molar-refractivity contribution < 1.29 is 5.11 Å². The summed E-state index contributed by atoms with van der Waals surface area (Å²) in [6.07, 6.45) is 7.16. The van der Waals surface area contributed by atoms with Crippen molar-refractivity contribution in [3.05, 3.63) is 11.1 Å². The Hall–Kier alpha value is -0.300. The number of hydrogen-bond donors (Lipinski definition) is 1. The van der Waals surface area contributed by atoms with Gasteiger partial charge in [-0.25, -0.2) is 0 Å². The molecule has 1 saturated carbocycles. The molecule has 12 heavy (non-hydrogen) atoms. The highest BCUT2D eigenvalue weighted by Gasteiger charge is 2.27. The van der Waals surface area contributed by atoms with Gasteiger partial charge in [0, 0.05) is 0 Å². The number of aliphatic hydroxyl groups is 1. The van der Waals surface area contributed by atoms with Crippen LogP contribution in [0.2, 0.25) is 0 Å². The number of allylic oxidation sites excluding steroid dienone is 2. The van der Waals surface area contributed by atoms with Crippen molar-refractivity contribution in [3.63, 3.8) is 0 Å². The molecule has 0 spiro atoms. The molecule has 0 radical (unpaired) electrons. The van der Waals surface area contributed by atoms with Gasteiger partial charge in [-0.3, -0.25) is 0 Å². The molecule has 2 aliphatic rings. The number of rotatable bonds is 0. The molecule has 2 rings (SSSR count). The van der Waals surface area contributed by atoms with Crippen LogP contribution in [0.3, 0.4) is 0 Å². The van der Waals surface area contributed by atoms with E-state index in [4.69, 9.17) is 0 Å². The first-order chi connectivity index (χ1) is 5.77. The fourth-order valence-electron chi connectivity index (χ4n) is 2.74. The third-order valence-electron chi connectivity index (χ3n) is 3.45. The molecule has 0 aliphatic heterocycles. The number of fused-ring (bicyclic) bond motifs is 1. The molecule has 2 atom stereocenters. The molecule has 0 saturated heterocycles. The van der Waals surface area contributed by atoms with Crippen LogP contribution in [0.5, 0.6) is 0 Å². The molecule has 1 nitrogen and oxygen atoms in total. The summed E-state index contributed by atoms with van der Waals surface area (Å²) in [6.45, 7) is 2.28. The SMILES string of the molecule is CC1=C2CCC(O)CC2CCC1. The van der Waals surface area contributed by atoms with Gasteiger partial charge in [0.25, 0.3) is 0 Å². The smallest absolute Gasteiger partial charge is 0.0549 e. The van der Waals surface area contributed by atoms with E-state index < -0.39 is 0 Å². The number of aliphatic hydroxyl groups excluding tert-OH is 1. The van der Waals surface area contributed by atoms with Crippen LogP contribution in [-0.4, -0.2) is 11.2 Å². The van der Waals surface area contributed by atoms with Gasteiger partial charge in [0.2, 0.25) is 0 Å². The molecular weight excluding hydrogens is 148 g/mol. The molecule has 68 valence electrons. The standard InChI is InChI=1S/C11H18O/c1-8-3-2-4-9-7-10(12)5-6-11(8)9/h9-10,12H,2-7H2,1H3. The molecule has 1 N–H and O–H groups in total. The summed E-state index contributed by atoms with van der Waals surface area (Å²) in [5.41, 5.74) is 3.31. The van der Waals surface area contributed by atoms with Crippen LogP contribution in [0, 0.1) is 5.92 Å². The van der Waals surface area contributed by atoms with Gasteiger partial charge in [0.1, 0.15) is 0 Å². The first-order valence-electron chi connectivity index (χ1n) is 5.14. The summed E-state index contributed by atoms with van der Waals surface area (Å²) >= 11 is 0. The molecule has 0 aromatic rings. The second kappa shape index (κ2) is 3.21. The predicted molar refractivity (Wildman–Crippen MR) is 49.9 cm³/mol. The summed E-state index contributed by atoms with van der Waals surface area (Å²) < 4.78 is 0. The first kappa shape index (κ1) is 8.31. The maximum atomic E-state index is 9.51. The van der Waals surface area contributed by atoms with Gasteiger partial charge in [0.05, 0.1) is 6.10 Å². The molecule has 0 aromatic heterocycles. The minimum atomic E-state index is -0.00958. The third kappa shape index (κ3) is 1.42. The Balaban J connectivity index is 2.16. The van der Waals surface area contributed by atoms with Gasteiger partial charge in [-0.15, -0.1) is 0 Å². The zero-order valence-electron chi connectivity index (χ0n) is 7.84. The Bertz CT molecular complexity index is 205. The highest BCUT2D eigenvalue weighted by Crippen LogP contribution is 2.39. The van der Waals surface area contributed by atoms with Crippen LogP contribution in [0.15, 0.2) is 11.1 Å². The lowest BCUT2D eigenvalue weighted by molar-refractivity contribution is 0.117. The lowest BCUT2D eigenvalue weighted by Crippen LogP contribution is -2.24. The Kier molecular flexibility index (Phi) is 2.22. The fraction of sp³-hybridized carbons (Fsp3) is 0.818. The van der Waals surface area contributed by atoms with Crippen LogP contribution < -0.4 is 0 Å². The number of hydrogen-bond acceptors (Lipinski definition) is 1. The highest BCUT2D eigenvalue weighted by atomic mass is 16.3. The van der Waals surface area contributed by atoms with Crippen LogP contribution in [0.1, 0.15) is 45.4 Å². The van der Waals surface area contributed by atoms with Crippen molar-refractivity contribution >= 4 is 0 Å².